The van der Waals surface area contributed by atoms with Crippen LogP contribution in [0.3, 0.4) is 0 Å². The van der Waals surface area contributed by atoms with Gasteiger partial charge in [0.25, 0.3) is 0 Å². The molecule has 0 amide bonds. The normalized spacial score (nSPS) is 17.3. The lowest BCUT2D eigenvalue weighted by molar-refractivity contribution is 0.275. The van der Waals surface area contributed by atoms with Crippen molar-refractivity contribution >= 4 is 16.0 Å². The quantitative estimate of drug-likeness (QED) is 0.580. The smallest absolute Gasteiger partial charge is 0.211 e. The van der Waals surface area contributed by atoms with Crippen LogP contribution in [0.5, 0.6) is 0 Å². The fraction of sp³-hybridized carbons (Fsp3) is 0.611. The van der Waals surface area contributed by atoms with Gasteiger partial charge in [0.05, 0.1) is 12.8 Å². The first kappa shape index (κ1) is 20.6. The molecule has 1 saturated heterocycles. The molecule has 1 aromatic rings. The van der Waals surface area contributed by atoms with Crippen LogP contribution in [-0.4, -0.2) is 51.1 Å². The fourth-order valence-corrected chi connectivity index (χ4v) is 3.88. The Labute approximate surface area is 155 Å². The standard InChI is InChI=1S/C18H29FN4O2S/c1-4-20-18(22-13-16-5-6-17(19)14(2)11-16)21-12-15-7-9-23(10-8-15)26(3,24)25/h5-6,11,15H,4,7-10,12-13H2,1-3H3,(H2,20,21,22). The van der Waals surface area contributed by atoms with E-state index in [9.17, 15) is 12.8 Å². The topological polar surface area (TPSA) is 73.8 Å². The maximum absolute atomic E-state index is 13.3. The van der Waals surface area contributed by atoms with Gasteiger partial charge in [0.1, 0.15) is 5.82 Å². The summed E-state index contributed by atoms with van der Waals surface area (Å²) >= 11 is 0. The number of aryl methyl sites for hydroxylation is 1. The predicted octanol–water partition coefficient (Wildman–Crippen LogP) is 1.86. The van der Waals surface area contributed by atoms with Gasteiger partial charge in [0, 0.05) is 26.2 Å². The van der Waals surface area contributed by atoms with Crippen LogP contribution < -0.4 is 10.6 Å². The summed E-state index contributed by atoms with van der Waals surface area (Å²) in [5, 5.41) is 6.55. The lowest BCUT2D eigenvalue weighted by Gasteiger charge is -2.30. The monoisotopic (exact) mass is 384 g/mol. The Hall–Kier alpha value is -1.67. The molecule has 1 fully saturated rings. The van der Waals surface area contributed by atoms with E-state index in [0.717, 1.165) is 37.5 Å². The zero-order valence-electron chi connectivity index (χ0n) is 15.8. The Bertz CT molecular complexity index is 729. The minimum atomic E-state index is -3.08. The van der Waals surface area contributed by atoms with E-state index in [0.29, 0.717) is 31.1 Å². The van der Waals surface area contributed by atoms with Crippen LogP contribution in [0, 0.1) is 18.7 Å². The molecule has 0 saturated carbocycles. The number of benzene rings is 1. The maximum Gasteiger partial charge on any atom is 0.211 e. The van der Waals surface area contributed by atoms with Crippen LogP contribution in [0.4, 0.5) is 4.39 Å². The van der Waals surface area contributed by atoms with Crippen LogP contribution in [0.2, 0.25) is 0 Å². The van der Waals surface area contributed by atoms with Crippen molar-refractivity contribution in [2.45, 2.75) is 33.2 Å². The largest absolute Gasteiger partial charge is 0.357 e. The van der Waals surface area contributed by atoms with Gasteiger partial charge in [-0.3, -0.25) is 0 Å². The molecular weight excluding hydrogens is 355 g/mol. The number of aliphatic imine (C=N–C) groups is 1. The average Bonchev–Trinajstić information content (AvgIpc) is 2.60. The Morgan fingerprint density at radius 3 is 2.58 bits per heavy atom. The molecule has 0 aromatic heterocycles. The van der Waals surface area contributed by atoms with Gasteiger partial charge in [-0.25, -0.2) is 22.1 Å². The zero-order valence-corrected chi connectivity index (χ0v) is 16.6. The van der Waals surface area contributed by atoms with Gasteiger partial charge in [-0.2, -0.15) is 0 Å². The van der Waals surface area contributed by atoms with E-state index in [-0.39, 0.29) is 5.82 Å². The summed E-state index contributed by atoms with van der Waals surface area (Å²) in [6, 6.07) is 5.02. The number of hydrogen-bond donors (Lipinski definition) is 2. The molecular formula is C18H29FN4O2S. The number of piperidine rings is 1. The molecule has 2 rings (SSSR count). The van der Waals surface area contributed by atoms with E-state index in [1.807, 2.05) is 13.0 Å². The van der Waals surface area contributed by atoms with E-state index in [2.05, 4.69) is 15.6 Å². The third-order valence-corrected chi connectivity index (χ3v) is 5.89. The van der Waals surface area contributed by atoms with E-state index >= 15 is 0 Å². The lowest BCUT2D eigenvalue weighted by atomic mass is 9.98. The van der Waals surface area contributed by atoms with Crippen LogP contribution in [0.25, 0.3) is 0 Å². The van der Waals surface area contributed by atoms with Crippen molar-refractivity contribution in [1.82, 2.24) is 14.9 Å². The summed E-state index contributed by atoms with van der Waals surface area (Å²) in [5.74, 6) is 0.938. The Morgan fingerprint density at radius 2 is 2.00 bits per heavy atom. The molecule has 26 heavy (non-hydrogen) atoms. The molecule has 0 aliphatic carbocycles. The van der Waals surface area contributed by atoms with Gasteiger partial charge >= 0.3 is 0 Å². The molecule has 6 nitrogen and oxygen atoms in total. The minimum absolute atomic E-state index is 0.205. The van der Waals surface area contributed by atoms with Crippen LogP contribution in [0.1, 0.15) is 30.9 Å². The highest BCUT2D eigenvalue weighted by molar-refractivity contribution is 7.88. The first-order valence-electron chi connectivity index (χ1n) is 9.02. The zero-order chi connectivity index (χ0) is 19.2. The summed E-state index contributed by atoms with van der Waals surface area (Å²) in [4.78, 5) is 4.56. The first-order chi connectivity index (χ1) is 12.3. The number of halogens is 1. The second-order valence-corrected chi connectivity index (χ2v) is 8.75. The molecule has 0 spiro atoms. The van der Waals surface area contributed by atoms with Crippen molar-refractivity contribution in [2.75, 3.05) is 32.4 Å². The van der Waals surface area contributed by atoms with E-state index in [1.54, 1.807) is 17.3 Å². The SMILES string of the molecule is CCNC(=NCc1ccc(F)c(C)c1)NCC1CCN(S(C)(=O)=O)CC1. The lowest BCUT2D eigenvalue weighted by Crippen LogP contribution is -2.44. The van der Waals surface area contributed by atoms with Gasteiger partial charge in [-0.1, -0.05) is 12.1 Å². The van der Waals surface area contributed by atoms with E-state index in [4.69, 9.17) is 0 Å². The van der Waals surface area contributed by atoms with Crippen molar-refractivity contribution in [1.29, 1.82) is 0 Å². The molecule has 1 heterocycles. The van der Waals surface area contributed by atoms with Gasteiger partial charge in [0.15, 0.2) is 5.96 Å². The summed E-state index contributed by atoms with van der Waals surface area (Å²) < 4.78 is 38.0. The number of sulfonamides is 1. The highest BCUT2D eigenvalue weighted by Crippen LogP contribution is 2.18. The predicted molar refractivity (Wildman–Crippen MR) is 103 cm³/mol. The molecule has 0 bridgehead atoms. The number of rotatable bonds is 6. The Kier molecular flexibility index (Phi) is 7.40. The molecule has 1 aliphatic rings. The van der Waals surface area contributed by atoms with Crippen LogP contribution in [-0.2, 0) is 16.6 Å². The summed E-state index contributed by atoms with van der Waals surface area (Å²) in [6.45, 7) is 6.88. The maximum atomic E-state index is 13.3. The van der Waals surface area contributed by atoms with E-state index < -0.39 is 10.0 Å². The number of nitrogens with zero attached hydrogens (tertiary/aromatic N) is 2. The van der Waals surface area contributed by atoms with Gasteiger partial charge in [-0.05, 0) is 49.8 Å². The Morgan fingerprint density at radius 1 is 1.31 bits per heavy atom. The Balaban J connectivity index is 1.87. The summed E-state index contributed by atoms with van der Waals surface area (Å²) in [7, 11) is -3.08. The molecule has 0 radical (unpaired) electrons. The third-order valence-electron chi connectivity index (χ3n) is 4.59. The first-order valence-corrected chi connectivity index (χ1v) is 10.9. The third kappa shape index (κ3) is 6.25. The number of nitrogens with one attached hydrogen (secondary N) is 2. The van der Waals surface area contributed by atoms with Gasteiger partial charge in [0.2, 0.25) is 10.0 Å². The molecule has 0 unspecified atom stereocenters. The molecule has 1 aromatic carbocycles. The molecule has 146 valence electrons. The summed E-state index contributed by atoms with van der Waals surface area (Å²) in [5.41, 5.74) is 1.58. The molecule has 8 heteroatoms. The van der Waals surface area contributed by atoms with Crippen molar-refractivity contribution in [2.24, 2.45) is 10.9 Å². The second kappa shape index (κ2) is 9.32. The van der Waals surface area contributed by atoms with Crippen molar-refractivity contribution in [3.63, 3.8) is 0 Å². The molecule has 2 N–H and O–H groups in total. The van der Waals surface area contributed by atoms with Gasteiger partial charge in [-0.15, -0.1) is 0 Å². The van der Waals surface area contributed by atoms with Crippen LogP contribution in [0.15, 0.2) is 23.2 Å². The van der Waals surface area contributed by atoms with Crippen molar-refractivity contribution < 1.29 is 12.8 Å². The van der Waals surface area contributed by atoms with Gasteiger partial charge < -0.3 is 10.6 Å². The minimum Gasteiger partial charge on any atom is -0.357 e. The highest BCUT2D eigenvalue weighted by Gasteiger charge is 2.24. The number of hydrogen-bond acceptors (Lipinski definition) is 3. The van der Waals surface area contributed by atoms with Crippen molar-refractivity contribution in [3.8, 4) is 0 Å². The van der Waals surface area contributed by atoms with Crippen molar-refractivity contribution in [3.05, 3.63) is 35.1 Å². The summed E-state index contributed by atoms with van der Waals surface area (Å²) in [6.07, 6.45) is 2.95. The average molecular weight is 385 g/mol. The number of guanidine groups is 1. The fourth-order valence-electron chi connectivity index (χ4n) is 3.00. The molecule has 1 aliphatic heterocycles. The highest BCUT2D eigenvalue weighted by atomic mass is 32.2. The van der Waals surface area contributed by atoms with E-state index in [1.165, 1.54) is 12.3 Å². The van der Waals surface area contributed by atoms with Crippen LogP contribution >= 0.6 is 0 Å². The molecule has 0 atom stereocenters. The second-order valence-electron chi connectivity index (χ2n) is 6.77.